The van der Waals surface area contributed by atoms with Gasteiger partial charge in [-0.05, 0) is 24.3 Å². The van der Waals surface area contributed by atoms with Gasteiger partial charge in [0.2, 0.25) is 0 Å². The molecule has 0 saturated heterocycles. The fourth-order valence-electron chi connectivity index (χ4n) is 0.771. The third-order valence-electron chi connectivity index (χ3n) is 1.48. The summed E-state index contributed by atoms with van der Waals surface area (Å²) in [5, 5.41) is 9.17. The first-order valence-electron chi connectivity index (χ1n) is 3.85. The predicted octanol–water partition coefficient (Wildman–Crippen LogP) is 2.57. The summed E-state index contributed by atoms with van der Waals surface area (Å²) in [7, 11) is 0. The van der Waals surface area contributed by atoms with E-state index in [1.807, 2.05) is 0 Å². The fraction of sp³-hybridized carbons (Fsp3) is 0.222. The van der Waals surface area contributed by atoms with Crippen LogP contribution in [0.3, 0.4) is 0 Å². The van der Waals surface area contributed by atoms with Gasteiger partial charge in [-0.3, -0.25) is 4.79 Å². The van der Waals surface area contributed by atoms with Crippen molar-refractivity contribution in [1.29, 1.82) is 0 Å². The number of rotatable bonds is 4. The highest BCUT2D eigenvalue weighted by atomic mass is 79.9. The predicted molar refractivity (Wildman–Crippen MR) is 57.3 cm³/mol. The molecule has 0 spiro atoms. The second-order valence-electron chi connectivity index (χ2n) is 2.57. The Morgan fingerprint density at radius 1 is 1.50 bits per heavy atom. The van der Waals surface area contributed by atoms with E-state index in [0.29, 0.717) is 10.8 Å². The van der Waals surface area contributed by atoms with Crippen LogP contribution in [-0.4, -0.2) is 22.5 Å². The molecule has 0 aliphatic rings. The van der Waals surface area contributed by atoms with Gasteiger partial charge in [-0.25, -0.2) is 0 Å². The number of carbonyl (C=O) groups is 1. The van der Waals surface area contributed by atoms with E-state index >= 15 is 0 Å². The number of alkyl halides is 1. The van der Waals surface area contributed by atoms with E-state index in [4.69, 9.17) is 21.4 Å². The van der Waals surface area contributed by atoms with Gasteiger partial charge in [0.05, 0.1) is 0 Å². The highest BCUT2D eigenvalue weighted by Crippen LogP contribution is 2.16. The Hall–Kier alpha value is -0.740. The van der Waals surface area contributed by atoms with Crippen molar-refractivity contribution < 1.29 is 14.6 Å². The quantitative estimate of drug-likeness (QED) is 0.862. The van der Waals surface area contributed by atoms with E-state index in [1.54, 1.807) is 24.3 Å². The number of benzene rings is 1. The molecular weight excluding hydrogens is 271 g/mol. The van der Waals surface area contributed by atoms with Crippen LogP contribution in [0.15, 0.2) is 24.3 Å². The molecule has 1 unspecified atom stereocenters. The van der Waals surface area contributed by atoms with Crippen LogP contribution < -0.4 is 4.74 Å². The van der Waals surface area contributed by atoms with Crippen LogP contribution in [0.1, 0.15) is 0 Å². The summed E-state index contributed by atoms with van der Waals surface area (Å²) in [6.45, 7) is 0.0803. The van der Waals surface area contributed by atoms with Gasteiger partial charge in [0, 0.05) is 5.02 Å². The Kier molecular flexibility index (Phi) is 4.22. The van der Waals surface area contributed by atoms with Crippen LogP contribution in [0.4, 0.5) is 0 Å². The number of halogens is 2. The Bertz CT molecular complexity index is 312. The summed E-state index contributed by atoms with van der Waals surface area (Å²) >= 11 is 8.63. The van der Waals surface area contributed by atoms with Gasteiger partial charge in [0.1, 0.15) is 17.2 Å². The Morgan fingerprint density at radius 3 is 2.57 bits per heavy atom. The van der Waals surface area contributed by atoms with Gasteiger partial charge in [0.15, 0.2) is 0 Å². The van der Waals surface area contributed by atoms with Crippen molar-refractivity contribution in [2.45, 2.75) is 4.83 Å². The van der Waals surface area contributed by atoms with Crippen molar-refractivity contribution in [3.05, 3.63) is 29.3 Å². The standard InChI is InChI=1S/C9H8BrClO3/c10-8(9(12)13)5-14-7-3-1-6(11)2-4-7/h1-4,8H,5H2,(H,12,13). The molecule has 0 radical (unpaired) electrons. The van der Waals surface area contributed by atoms with Crippen molar-refractivity contribution >= 4 is 33.5 Å². The lowest BCUT2D eigenvalue weighted by Gasteiger charge is -2.07. The molecule has 76 valence electrons. The molecule has 0 aliphatic heterocycles. The normalized spacial score (nSPS) is 12.1. The molecule has 1 aromatic rings. The Morgan fingerprint density at radius 2 is 2.07 bits per heavy atom. The van der Waals surface area contributed by atoms with E-state index < -0.39 is 10.8 Å². The topological polar surface area (TPSA) is 46.5 Å². The maximum Gasteiger partial charge on any atom is 0.320 e. The molecule has 0 fully saturated rings. The van der Waals surface area contributed by atoms with Crippen molar-refractivity contribution in [1.82, 2.24) is 0 Å². The molecule has 1 atom stereocenters. The maximum absolute atomic E-state index is 10.4. The first-order valence-corrected chi connectivity index (χ1v) is 5.14. The van der Waals surface area contributed by atoms with E-state index in [9.17, 15) is 4.79 Å². The second kappa shape index (κ2) is 5.22. The molecule has 1 aromatic carbocycles. The monoisotopic (exact) mass is 278 g/mol. The lowest BCUT2D eigenvalue weighted by atomic mass is 10.3. The minimum Gasteiger partial charge on any atom is -0.492 e. The van der Waals surface area contributed by atoms with Crippen LogP contribution in [0, 0.1) is 0 Å². The molecule has 0 aromatic heterocycles. The molecule has 0 saturated carbocycles. The van der Waals surface area contributed by atoms with Crippen LogP contribution >= 0.6 is 27.5 Å². The summed E-state index contributed by atoms with van der Waals surface area (Å²) < 4.78 is 5.20. The molecule has 0 aliphatic carbocycles. The molecule has 5 heteroatoms. The average Bonchev–Trinajstić information content (AvgIpc) is 2.16. The Labute approximate surface area is 94.8 Å². The highest BCUT2D eigenvalue weighted by molar-refractivity contribution is 9.10. The van der Waals surface area contributed by atoms with Crippen LogP contribution in [0.25, 0.3) is 0 Å². The van der Waals surface area contributed by atoms with Gasteiger partial charge in [-0.15, -0.1) is 0 Å². The molecule has 3 nitrogen and oxygen atoms in total. The lowest BCUT2D eigenvalue weighted by Crippen LogP contribution is -2.20. The van der Waals surface area contributed by atoms with Crippen molar-refractivity contribution in [2.24, 2.45) is 0 Å². The number of hydrogen-bond acceptors (Lipinski definition) is 2. The largest absolute Gasteiger partial charge is 0.492 e. The zero-order valence-corrected chi connectivity index (χ0v) is 9.46. The zero-order valence-electron chi connectivity index (χ0n) is 7.11. The van der Waals surface area contributed by atoms with Gasteiger partial charge in [-0.1, -0.05) is 27.5 Å². The molecule has 0 bridgehead atoms. The van der Waals surface area contributed by atoms with Gasteiger partial charge >= 0.3 is 5.97 Å². The SMILES string of the molecule is O=C(O)C(Br)COc1ccc(Cl)cc1. The number of carboxylic acids is 1. The smallest absolute Gasteiger partial charge is 0.320 e. The van der Waals surface area contributed by atoms with E-state index in [0.717, 1.165) is 0 Å². The van der Waals surface area contributed by atoms with Gasteiger partial charge in [0.25, 0.3) is 0 Å². The third kappa shape index (κ3) is 3.55. The summed E-state index contributed by atoms with van der Waals surface area (Å²) in [6.07, 6.45) is 0. The highest BCUT2D eigenvalue weighted by Gasteiger charge is 2.13. The average molecular weight is 280 g/mol. The minimum atomic E-state index is -0.945. The van der Waals surface area contributed by atoms with Crippen molar-refractivity contribution in [3.63, 3.8) is 0 Å². The number of ether oxygens (including phenoxy) is 1. The number of hydrogen-bond donors (Lipinski definition) is 1. The second-order valence-corrected chi connectivity index (χ2v) is 4.11. The molecular formula is C9H8BrClO3. The summed E-state index contributed by atoms with van der Waals surface area (Å²) in [4.78, 5) is 9.73. The number of aliphatic carboxylic acids is 1. The van der Waals surface area contributed by atoms with E-state index in [2.05, 4.69) is 15.9 Å². The molecule has 14 heavy (non-hydrogen) atoms. The van der Waals surface area contributed by atoms with Gasteiger partial charge in [-0.2, -0.15) is 0 Å². The number of carboxylic acid groups (broad SMARTS) is 1. The molecule has 0 heterocycles. The Balaban J connectivity index is 2.46. The van der Waals surface area contributed by atoms with E-state index in [-0.39, 0.29) is 6.61 Å². The lowest BCUT2D eigenvalue weighted by molar-refractivity contribution is -0.136. The summed E-state index contributed by atoms with van der Waals surface area (Å²) in [5.41, 5.74) is 0. The minimum absolute atomic E-state index is 0.0803. The third-order valence-corrected chi connectivity index (χ3v) is 2.39. The summed E-state index contributed by atoms with van der Waals surface area (Å²) in [5.74, 6) is -0.348. The first-order chi connectivity index (χ1) is 6.59. The van der Waals surface area contributed by atoms with Gasteiger partial charge < -0.3 is 9.84 Å². The molecule has 0 amide bonds. The van der Waals surface area contributed by atoms with Crippen LogP contribution in [0.5, 0.6) is 5.75 Å². The van der Waals surface area contributed by atoms with Crippen LogP contribution in [0.2, 0.25) is 5.02 Å². The molecule has 1 N–H and O–H groups in total. The van der Waals surface area contributed by atoms with Crippen LogP contribution in [-0.2, 0) is 4.79 Å². The summed E-state index contributed by atoms with van der Waals surface area (Å²) in [6, 6.07) is 6.73. The maximum atomic E-state index is 10.4. The molecule has 1 rings (SSSR count). The first kappa shape index (κ1) is 11.3. The van der Waals surface area contributed by atoms with Crippen molar-refractivity contribution in [3.8, 4) is 5.75 Å². The van der Waals surface area contributed by atoms with Crippen molar-refractivity contribution in [2.75, 3.05) is 6.61 Å². The van der Waals surface area contributed by atoms with E-state index in [1.165, 1.54) is 0 Å². The zero-order chi connectivity index (χ0) is 10.6. The fourth-order valence-corrected chi connectivity index (χ4v) is 1.03.